The third-order valence-electron chi connectivity index (χ3n) is 3.44. The number of likely N-dealkylation sites (tertiary alicyclic amines) is 2. The smallest absolute Gasteiger partial charge is 0.224 e. The first-order chi connectivity index (χ1) is 8.18. The van der Waals surface area contributed by atoms with E-state index >= 15 is 0 Å². The minimum atomic E-state index is -0.164. The van der Waals surface area contributed by atoms with Gasteiger partial charge in [0.1, 0.15) is 6.23 Å². The molecule has 17 heavy (non-hydrogen) atoms. The molecule has 2 aliphatic heterocycles. The van der Waals surface area contributed by atoms with Crippen molar-refractivity contribution in [1.82, 2.24) is 9.80 Å². The molecule has 2 heterocycles. The van der Waals surface area contributed by atoms with E-state index in [-0.39, 0.29) is 18.0 Å². The fourth-order valence-corrected chi connectivity index (χ4v) is 2.42. The molecule has 1 unspecified atom stereocenters. The lowest BCUT2D eigenvalue weighted by Crippen LogP contribution is -2.38. The van der Waals surface area contributed by atoms with Gasteiger partial charge in [0, 0.05) is 32.5 Å². The molecule has 0 N–H and O–H groups in total. The van der Waals surface area contributed by atoms with E-state index in [0.717, 1.165) is 25.9 Å². The quantitative estimate of drug-likeness (QED) is 0.707. The number of hydrogen-bond acceptors (Lipinski definition) is 3. The summed E-state index contributed by atoms with van der Waals surface area (Å²) in [6.45, 7) is 4.69. The summed E-state index contributed by atoms with van der Waals surface area (Å²) in [6.07, 6.45) is 3.02. The van der Waals surface area contributed by atoms with E-state index < -0.39 is 0 Å². The standard InChI is InChI=1S/C12H20N2O3/c1-10(14-7-3-5-12(14)16)17-9-8-13-6-2-4-11(13)15/h10H,2-9H2,1H3. The molecule has 0 aliphatic carbocycles. The highest BCUT2D eigenvalue weighted by Gasteiger charge is 2.26. The van der Waals surface area contributed by atoms with Crippen LogP contribution in [-0.4, -0.2) is 54.1 Å². The zero-order chi connectivity index (χ0) is 12.3. The lowest BCUT2D eigenvalue weighted by Gasteiger charge is -2.25. The Hall–Kier alpha value is -1.10. The molecule has 0 bridgehead atoms. The number of nitrogens with zero attached hydrogens (tertiary/aromatic N) is 2. The van der Waals surface area contributed by atoms with Crippen molar-refractivity contribution >= 4 is 11.8 Å². The molecule has 0 radical (unpaired) electrons. The molecule has 96 valence electrons. The van der Waals surface area contributed by atoms with Crippen molar-refractivity contribution in [3.63, 3.8) is 0 Å². The number of rotatable bonds is 5. The first-order valence-electron chi connectivity index (χ1n) is 6.37. The van der Waals surface area contributed by atoms with Gasteiger partial charge in [-0.3, -0.25) is 9.59 Å². The van der Waals surface area contributed by atoms with Gasteiger partial charge >= 0.3 is 0 Å². The van der Waals surface area contributed by atoms with Crippen molar-refractivity contribution in [1.29, 1.82) is 0 Å². The molecule has 5 nitrogen and oxygen atoms in total. The van der Waals surface area contributed by atoms with Gasteiger partial charge in [-0.2, -0.15) is 0 Å². The van der Waals surface area contributed by atoms with Gasteiger partial charge in [0.15, 0.2) is 0 Å². The zero-order valence-corrected chi connectivity index (χ0v) is 10.4. The maximum atomic E-state index is 11.5. The second kappa shape index (κ2) is 5.49. The van der Waals surface area contributed by atoms with E-state index in [4.69, 9.17) is 4.74 Å². The van der Waals surface area contributed by atoms with Crippen LogP contribution in [0.1, 0.15) is 32.6 Å². The van der Waals surface area contributed by atoms with Crippen molar-refractivity contribution in [3.8, 4) is 0 Å². The zero-order valence-electron chi connectivity index (χ0n) is 10.4. The van der Waals surface area contributed by atoms with Gasteiger partial charge in [-0.25, -0.2) is 0 Å². The summed E-state index contributed by atoms with van der Waals surface area (Å²) < 4.78 is 5.62. The summed E-state index contributed by atoms with van der Waals surface area (Å²) in [5.74, 6) is 0.397. The van der Waals surface area contributed by atoms with Crippen LogP contribution in [-0.2, 0) is 14.3 Å². The van der Waals surface area contributed by atoms with E-state index in [1.807, 2.05) is 11.8 Å². The van der Waals surface area contributed by atoms with Crippen LogP contribution < -0.4 is 0 Å². The van der Waals surface area contributed by atoms with Crippen LogP contribution in [0.4, 0.5) is 0 Å². The fourth-order valence-electron chi connectivity index (χ4n) is 2.42. The highest BCUT2D eigenvalue weighted by atomic mass is 16.5. The molecule has 1 atom stereocenters. The summed E-state index contributed by atoms with van der Waals surface area (Å²) in [5, 5.41) is 0. The minimum absolute atomic E-state index is 0.164. The Labute approximate surface area is 102 Å². The van der Waals surface area contributed by atoms with E-state index in [1.165, 1.54) is 0 Å². The Balaban J connectivity index is 1.67. The monoisotopic (exact) mass is 240 g/mol. The molecule has 5 heteroatoms. The normalized spacial score (nSPS) is 22.6. The molecule has 2 rings (SSSR count). The molecule has 2 amide bonds. The van der Waals surface area contributed by atoms with Gasteiger partial charge in [0.2, 0.25) is 11.8 Å². The largest absolute Gasteiger partial charge is 0.357 e. The lowest BCUT2D eigenvalue weighted by atomic mass is 10.4. The van der Waals surface area contributed by atoms with Gasteiger partial charge in [-0.05, 0) is 19.8 Å². The molecule has 0 aromatic heterocycles. The Kier molecular flexibility index (Phi) is 3.99. The molecular formula is C12H20N2O3. The third-order valence-corrected chi connectivity index (χ3v) is 3.44. The second-order valence-corrected chi connectivity index (χ2v) is 4.65. The maximum absolute atomic E-state index is 11.5. The van der Waals surface area contributed by atoms with Crippen LogP contribution in [0.15, 0.2) is 0 Å². The van der Waals surface area contributed by atoms with Crippen LogP contribution in [0.25, 0.3) is 0 Å². The fraction of sp³-hybridized carbons (Fsp3) is 0.833. The van der Waals surface area contributed by atoms with Crippen LogP contribution in [0, 0.1) is 0 Å². The molecular weight excluding hydrogens is 220 g/mol. The molecule has 0 saturated carbocycles. The van der Waals surface area contributed by atoms with Crippen molar-refractivity contribution in [2.24, 2.45) is 0 Å². The van der Waals surface area contributed by atoms with Gasteiger partial charge in [0.25, 0.3) is 0 Å². The number of amides is 2. The third kappa shape index (κ3) is 2.97. The lowest BCUT2D eigenvalue weighted by molar-refractivity contribution is -0.141. The topological polar surface area (TPSA) is 49.9 Å². The molecule has 2 saturated heterocycles. The second-order valence-electron chi connectivity index (χ2n) is 4.65. The Morgan fingerprint density at radius 2 is 1.88 bits per heavy atom. The van der Waals surface area contributed by atoms with E-state index in [0.29, 0.717) is 26.0 Å². The maximum Gasteiger partial charge on any atom is 0.224 e. The first kappa shape index (κ1) is 12.4. The predicted octanol–water partition coefficient (Wildman–Crippen LogP) is 0.594. The summed E-state index contributed by atoms with van der Waals surface area (Å²) >= 11 is 0. The number of hydrogen-bond donors (Lipinski definition) is 0. The van der Waals surface area contributed by atoms with Crippen molar-refractivity contribution < 1.29 is 14.3 Å². The molecule has 2 aliphatic rings. The van der Waals surface area contributed by atoms with Crippen LogP contribution in [0.2, 0.25) is 0 Å². The van der Waals surface area contributed by atoms with Crippen LogP contribution in [0.3, 0.4) is 0 Å². The first-order valence-corrected chi connectivity index (χ1v) is 6.37. The number of carbonyl (C=O) groups excluding carboxylic acids is 2. The minimum Gasteiger partial charge on any atom is -0.357 e. The van der Waals surface area contributed by atoms with E-state index in [9.17, 15) is 9.59 Å². The molecule has 0 spiro atoms. The van der Waals surface area contributed by atoms with Gasteiger partial charge in [-0.15, -0.1) is 0 Å². The Bertz CT molecular complexity index is 306. The molecule has 0 aromatic rings. The van der Waals surface area contributed by atoms with Gasteiger partial charge in [-0.1, -0.05) is 0 Å². The van der Waals surface area contributed by atoms with Crippen LogP contribution >= 0.6 is 0 Å². The van der Waals surface area contributed by atoms with Gasteiger partial charge in [0.05, 0.1) is 6.61 Å². The summed E-state index contributed by atoms with van der Waals surface area (Å²) in [6, 6.07) is 0. The summed E-state index contributed by atoms with van der Waals surface area (Å²) in [4.78, 5) is 26.4. The SMILES string of the molecule is CC(OCCN1CCCC1=O)N1CCCC1=O. The van der Waals surface area contributed by atoms with Gasteiger partial charge < -0.3 is 14.5 Å². The van der Waals surface area contributed by atoms with E-state index in [2.05, 4.69) is 0 Å². The number of carbonyl (C=O) groups is 2. The molecule has 0 aromatic carbocycles. The van der Waals surface area contributed by atoms with Crippen molar-refractivity contribution in [2.75, 3.05) is 26.2 Å². The summed E-state index contributed by atoms with van der Waals surface area (Å²) in [7, 11) is 0. The average molecular weight is 240 g/mol. The highest BCUT2D eigenvalue weighted by molar-refractivity contribution is 5.78. The Morgan fingerprint density at radius 3 is 2.47 bits per heavy atom. The van der Waals surface area contributed by atoms with Crippen molar-refractivity contribution in [2.45, 2.75) is 38.8 Å². The number of ether oxygens (including phenoxy) is 1. The van der Waals surface area contributed by atoms with Crippen LogP contribution in [0.5, 0.6) is 0 Å². The predicted molar refractivity (Wildman–Crippen MR) is 62.2 cm³/mol. The Morgan fingerprint density at radius 1 is 1.18 bits per heavy atom. The average Bonchev–Trinajstić information content (AvgIpc) is 2.88. The summed E-state index contributed by atoms with van der Waals surface area (Å²) in [5.41, 5.74) is 0. The van der Waals surface area contributed by atoms with Crippen molar-refractivity contribution in [3.05, 3.63) is 0 Å². The molecule has 2 fully saturated rings. The van der Waals surface area contributed by atoms with E-state index in [1.54, 1.807) is 4.90 Å². The highest BCUT2D eigenvalue weighted by Crippen LogP contribution is 2.14.